The number of anilines is 1. The van der Waals surface area contributed by atoms with Crippen molar-refractivity contribution in [1.29, 1.82) is 0 Å². The standard InChI is InChI=1S/C20H18BrN3O4/c1-26-11-12-27-20-17(3-2-10-22-20)24-19(25)14-4-9-18(23-13-14)28-16-7-5-15(21)6-8-16/h2-10,13H,11-12H2,1H3,(H,24,25). The quantitative estimate of drug-likeness (QED) is 0.522. The van der Waals surface area contributed by atoms with Crippen LogP contribution in [0.3, 0.4) is 0 Å². The maximum Gasteiger partial charge on any atom is 0.257 e. The fraction of sp³-hybridized carbons (Fsp3) is 0.150. The van der Waals surface area contributed by atoms with Crippen molar-refractivity contribution in [1.82, 2.24) is 9.97 Å². The second-order valence-corrected chi connectivity index (χ2v) is 6.51. The molecule has 28 heavy (non-hydrogen) atoms. The van der Waals surface area contributed by atoms with Crippen molar-refractivity contribution < 1.29 is 19.0 Å². The average Bonchev–Trinajstić information content (AvgIpc) is 2.72. The molecular formula is C20H18BrN3O4. The second-order valence-electron chi connectivity index (χ2n) is 5.59. The minimum Gasteiger partial charge on any atom is -0.474 e. The molecule has 1 amide bonds. The summed E-state index contributed by atoms with van der Waals surface area (Å²) in [5.41, 5.74) is 0.855. The summed E-state index contributed by atoms with van der Waals surface area (Å²) in [6.45, 7) is 0.758. The number of nitrogens with zero attached hydrogens (tertiary/aromatic N) is 2. The minimum absolute atomic E-state index is 0.327. The third-order valence-corrected chi connectivity index (χ3v) is 4.11. The number of hydrogen-bond donors (Lipinski definition) is 1. The number of benzene rings is 1. The number of methoxy groups -OCH3 is 1. The zero-order valence-corrected chi connectivity index (χ0v) is 16.7. The third kappa shape index (κ3) is 5.51. The first-order valence-electron chi connectivity index (χ1n) is 8.43. The van der Waals surface area contributed by atoms with Gasteiger partial charge in [0.05, 0.1) is 12.2 Å². The number of ether oxygens (including phenoxy) is 3. The number of rotatable bonds is 8. The largest absolute Gasteiger partial charge is 0.474 e. The lowest BCUT2D eigenvalue weighted by molar-refractivity contribution is 0.102. The van der Waals surface area contributed by atoms with Crippen LogP contribution in [0.25, 0.3) is 0 Å². The fourth-order valence-corrected chi connectivity index (χ4v) is 2.48. The predicted octanol–water partition coefficient (Wildman–Crippen LogP) is 4.31. The zero-order valence-electron chi connectivity index (χ0n) is 15.1. The molecule has 0 fully saturated rings. The molecule has 2 aromatic heterocycles. The smallest absolute Gasteiger partial charge is 0.257 e. The van der Waals surface area contributed by atoms with Crippen LogP contribution in [0.5, 0.6) is 17.5 Å². The Morgan fingerprint density at radius 1 is 1.07 bits per heavy atom. The Morgan fingerprint density at radius 3 is 2.61 bits per heavy atom. The Morgan fingerprint density at radius 2 is 1.89 bits per heavy atom. The van der Waals surface area contributed by atoms with Gasteiger partial charge >= 0.3 is 0 Å². The number of aromatic nitrogens is 2. The maximum atomic E-state index is 12.5. The highest BCUT2D eigenvalue weighted by atomic mass is 79.9. The monoisotopic (exact) mass is 443 g/mol. The molecule has 0 spiro atoms. The minimum atomic E-state index is -0.327. The van der Waals surface area contributed by atoms with Crippen molar-refractivity contribution in [2.75, 3.05) is 25.6 Å². The van der Waals surface area contributed by atoms with Crippen molar-refractivity contribution in [3.8, 4) is 17.5 Å². The van der Waals surface area contributed by atoms with Crippen molar-refractivity contribution in [3.63, 3.8) is 0 Å². The third-order valence-electron chi connectivity index (χ3n) is 3.58. The van der Waals surface area contributed by atoms with Gasteiger partial charge in [0.1, 0.15) is 18.0 Å². The van der Waals surface area contributed by atoms with Crippen LogP contribution in [-0.4, -0.2) is 36.2 Å². The van der Waals surface area contributed by atoms with Crippen LogP contribution < -0.4 is 14.8 Å². The molecule has 3 aromatic rings. The molecule has 0 saturated carbocycles. The van der Waals surface area contributed by atoms with Gasteiger partial charge in [-0.05, 0) is 42.5 Å². The van der Waals surface area contributed by atoms with Gasteiger partial charge < -0.3 is 19.5 Å². The van der Waals surface area contributed by atoms with E-state index in [-0.39, 0.29) is 5.91 Å². The second kappa shape index (κ2) is 9.82. The Kier molecular flexibility index (Phi) is 6.94. The van der Waals surface area contributed by atoms with Gasteiger partial charge in [-0.3, -0.25) is 4.79 Å². The van der Waals surface area contributed by atoms with E-state index >= 15 is 0 Å². The molecule has 8 heteroatoms. The summed E-state index contributed by atoms with van der Waals surface area (Å²) in [6, 6.07) is 14.1. The van der Waals surface area contributed by atoms with Gasteiger partial charge in [0.15, 0.2) is 0 Å². The molecule has 0 aliphatic heterocycles. The SMILES string of the molecule is COCCOc1ncccc1NC(=O)c1ccc(Oc2ccc(Br)cc2)nc1. The van der Waals surface area contributed by atoms with E-state index < -0.39 is 0 Å². The predicted molar refractivity (Wildman–Crippen MR) is 108 cm³/mol. The number of carbonyl (C=O) groups is 1. The molecule has 7 nitrogen and oxygen atoms in total. The first-order chi connectivity index (χ1) is 13.7. The summed E-state index contributed by atoms with van der Waals surface area (Å²) in [6.07, 6.45) is 3.04. The normalized spacial score (nSPS) is 10.4. The van der Waals surface area contributed by atoms with Crippen LogP contribution in [-0.2, 0) is 4.74 Å². The first-order valence-corrected chi connectivity index (χ1v) is 9.22. The van der Waals surface area contributed by atoms with E-state index in [1.165, 1.54) is 6.20 Å². The van der Waals surface area contributed by atoms with Crippen LogP contribution in [0, 0.1) is 0 Å². The molecule has 0 saturated heterocycles. The van der Waals surface area contributed by atoms with Gasteiger partial charge in [0.2, 0.25) is 11.8 Å². The Hall–Kier alpha value is -2.97. The van der Waals surface area contributed by atoms with Gasteiger partial charge in [-0.1, -0.05) is 15.9 Å². The number of carbonyl (C=O) groups excluding carboxylic acids is 1. The molecule has 144 valence electrons. The van der Waals surface area contributed by atoms with Crippen molar-refractivity contribution >= 4 is 27.5 Å². The number of hydrogen-bond acceptors (Lipinski definition) is 6. The molecule has 3 rings (SSSR count). The van der Waals surface area contributed by atoms with Gasteiger partial charge in [-0.15, -0.1) is 0 Å². The first kappa shape index (κ1) is 19.8. The molecule has 1 N–H and O–H groups in total. The van der Waals surface area contributed by atoms with Gasteiger partial charge in [-0.2, -0.15) is 0 Å². The maximum absolute atomic E-state index is 12.5. The van der Waals surface area contributed by atoms with Crippen LogP contribution in [0.15, 0.2) is 65.4 Å². The van der Waals surface area contributed by atoms with E-state index in [1.54, 1.807) is 37.6 Å². The van der Waals surface area contributed by atoms with Crippen LogP contribution in [0.2, 0.25) is 0 Å². The highest BCUT2D eigenvalue weighted by Gasteiger charge is 2.12. The molecule has 2 heterocycles. The fourth-order valence-electron chi connectivity index (χ4n) is 2.22. The van der Waals surface area contributed by atoms with Crippen molar-refractivity contribution in [3.05, 3.63) is 71.0 Å². The van der Waals surface area contributed by atoms with E-state index in [9.17, 15) is 4.79 Å². The lowest BCUT2D eigenvalue weighted by Crippen LogP contribution is -2.14. The summed E-state index contributed by atoms with van der Waals surface area (Å²) in [7, 11) is 1.58. The number of nitrogens with one attached hydrogen (secondary N) is 1. The van der Waals surface area contributed by atoms with Crippen molar-refractivity contribution in [2.45, 2.75) is 0 Å². The molecule has 0 atom stereocenters. The molecule has 0 unspecified atom stereocenters. The zero-order chi connectivity index (χ0) is 19.8. The molecule has 0 aliphatic rings. The molecular weight excluding hydrogens is 426 g/mol. The summed E-state index contributed by atoms with van der Waals surface area (Å²) >= 11 is 3.37. The van der Waals surface area contributed by atoms with Crippen LogP contribution in [0.4, 0.5) is 5.69 Å². The average molecular weight is 444 g/mol. The van der Waals surface area contributed by atoms with Gasteiger partial charge in [0, 0.05) is 30.0 Å². The van der Waals surface area contributed by atoms with Crippen LogP contribution >= 0.6 is 15.9 Å². The highest BCUT2D eigenvalue weighted by Crippen LogP contribution is 2.23. The Labute approximate surface area is 170 Å². The summed E-state index contributed by atoms with van der Waals surface area (Å²) < 4.78 is 17.1. The van der Waals surface area contributed by atoms with Gasteiger partial charge in [0.25, 0.3) is 5.91 Å². The van der Waals surface area contributed by atoms with Crippen LogP contribution in [0.1, 0.15) is 10.4 Å². The molecule has 0 bridgehead atoms. The number of halogens is 1. The van der Waals surface area contributed by atoms with E-state index in [0.717, 1.165) is 4.47 Å². The number of pyridine rings is 2. The lowest BCUT2D eigenvalue weighted by Gasteiger charge is -2.11. The number of amides is 1. The van der Waals surface area contributed by atoms with Gasteiger partial charge in [-0.25, -0.2) is 9.97 Å². The van der Waals surface area contributed by atoms with E-state index in [0.29, 0.717) is 42.0 Å². The highest BCUT2D eigenvalue weighted by molar-refractivity contribution is 9.10. The van der Waals surface area contributed by atoms with E-state index in [4.69, 9.17) is 14.2 Å². The van der Waals surface area contributed by atoms with Crippen molar-refractivity contribution in [2.24, 2.45) is 0 Å². The lowest BCUT2D eigenvalue weighted by atomic mass is 10.2. The summed E-state index contributed by atoms with van der Waals surface area (Å²) in [5, 5.41) is 2.78. The Balaban J connectivity index is 1.64. The molecule has 1 aromatic carbocycles. The topological polar surface area (TPSA) is 82.6 Å². The Bertz CT molecular complexity index is 917. The van der Waals surface area contributed by atoms with E-state index in [1.807, 2.05) is 24.3 Å². The summed E-state index contributed by atoms with van der Waals surface area (Å²) in [4.78, 5) is 20.8. The summed E-state index contributed by atoms with van der Waals surface area (Å²) in [5.74, 6) is 1.05. The van der Waals surface area contributed by atoms with E-state index in [2.05, 4.69) is 31.2 Å². The molecule has 0 radical (unpaired) electrons. The molecule has 0 aliphatic carbocycles.